The molecule has 136 valence electrons. The number of rotatable bonds is 5. The number of nitrogens with zero attached hydrogens (tertiary/aromatic N) is 5. The number of nitrogens with one attached hydrogen (secondary N) is 1. The van der Waals surface area contributed by atoms with Crippen LogP contribution in [-0.2, 0) is 6.54 Å². The van der Waals surface area contributed by atoms with Crippen LogP contribution in [-0.4, -0.2) is 37.2 Å². The van der Waals surface area contributed by atoms with Crippen molar-refractivity contribution in [2.75, 3.05) is 6.54 Å². The Morgan fingerprint density at radius 3 is 2.74 bits per heavy atom. The average Bonchev–Trinajstić information content (AvgIpc) is 3.29. The maximum absolute atomic E-state index is 12.7. The number of carbonyl (C=O) groups excluding carboxylic acids is 1. The van der Waals surface area contributed by atoms with Gasteiger partial charge in [-0.05, 0) is 54.1 Å². The van der Waals surface area contributed by atoms with E-state index in [9.17, 15) is 4.79 Å². The molecule has 0 radical (unpaired) electrons. The molecule has 4 rings (SSSR count). The molecule has 27 heavy (non-hydrogen) atoms. The maximum atomic E-state index is 12.7. The fourth-order valence-electron chi connectivity index (χ4n) is 3.26. The first kappa shape index (κ1) is 17.0. The van der Waals surface area contributed by atoms with Crippen molar-refractivity contribution in [1.29, 1.82) is 0 Å². The van der Waals surface area contributed by atoms with Crippen LogP contribution in [0.15, 0.2) is 54.7 Å². The van der Waals surface area contributed by atoms with Gasteiger partial charge in [0, 0.05) is 30.2 Å². The summed E-state index contributed by atoms with van der Waals surface area (Å²) in [6.45, 7) is 5.13. The van der Waals surface area contributed by atoms with Crippen molar-refractivity contribution >= 4 is 16.8 Å². The molecule has 0 saturated carbocycles. The van der Waals surface area contributed by atoms with Crippen molar-refractivity contribution in [2.45, 2.75) is 20.4 Å². The summed E-state index contributed by atoms with van der Waals surface area (Å²) in [5.74, 6) is 0.484. The number of hydrogen-bond donors (Lipinski definition) is 1. The van der Waals surface area contributed by atoms with Gasteiger partial charge >= 0.3 is 0 Å². The monoisotopic (exact) mass is 360 g/mol. The van der Waals surface area contributed by atoms with E-state index in [4.69, 9.17) is 0 Å². The largest absolute Gasteiger partial charge is 0.350 e. The summed E-state index contributed by atoms with van der Waals surface area (Å²) < 4.78 is 3.72. The minimum Gasteiger partial charge on any atom is -0.350 e. The maximum Gasteiger partial charge on any atom is 0.253 e. The Morgan fingerprint density at radius 1 is 1.07 bits per heavy atom. The second-order valence-corrected chi connectivity index (χ2v) is 6.43. The van der Waals surface area contributed by atoms with E-state index in [1.807, 2.05) is 18.2 Å². The van der Waals surface area contributed by atoms with Gasteiger partial charge in [0.25, 0.3) is 5.91 Å². The summed E-state index contributed by atoms with van der Waals surface area (Å²) >= 11 is 0. The third-order valence-corrected chi connectivity index (χ3v) is 4.67. The number of carbonyl (C=O) groups is 1. The second-order valence-electron chi connectivity index (χ2n) is 6.43. The molecule has 0 bridgehead atoms. The molecule has 0 atom stereocenters. The lowest BCUT2D eigenvalue weighted by Gasteiger charge is -2.11. The van der Waals surface area contributed by atoms with E-state index in [1.165, 1.54) is 16.5 Å². The lowest BCUT2D eigenvalue weighted by atomic mass is 10.1. The molecule has 0 aliphatic carbocycles. The zero-order chi connectivity index (χ0) is 18.8. The number of tetrazole rings is 1. The van der Waals surface area contributed by atoms with E-state index >= 15 is 0 Å². The summed E-state index contributed by atoms with van der Waals surface area (Å²) in [5.41, 5.74) is 3.63. The Bertz CT molecular complexity index is 1110. The van der Waals surface area contributed by atoms with E-state index in [-0.39, 0.29) is 5.91 Å². The fraction of sp³-hybridized carbons (Fsp3) is 0.200. The molecule has 7 heteroatoms. The first-order valence-electron chi connectivity index (χ1n) is 8.82. The van der Waals surface area contributed by atoms with Gasteiger partial charge in [0.2, 0.25) is 0 Å². The van der Waals surface area contributed by atoms with Crippen LogP contribution >= 0.6 is 0 Å². The lowest BCUT2D eigenvalue weighted by Crippen LogP contribution is -2.28. The Labute approximate surface area is 156 Å². The molecular formula is C20H20N6O. The number of aryl methyl sites for hydroxylation is 2. The number of amides is 1. The normalized spacial score (nSPS) is 11.0. The smallest absolute Gasteiger partial charge is 0.253 e. The Morgan fingerprint density at radius 2 is 1.93 bits per heavy atom. The quantitative estimate of drug-likeness (QED) is 0.593. The Kier molecular flexibility index (Phi) is 4.42. The highest BCUT2D eigenvalue weighted by molar-refractivity contribution is 5.97. The first-order valence-corrected chi connectivity index (χ1v) is 8.82. The highest BCUT2D eigenvalue weighted by Gasteiger charge is 2.14. The number of aromatic nitrogens is 5. The van der Waals surface area contributed by atoms with E-state index in [0.29, 0.717) is 30.2 Å². The summed E-state index contributed by atoms with van der Waals surface area (Å²) in [6, 6.07) is 15.7. The van der Waals surface area contributed by atoms with Crippen molar-refractivity contribution in [1.82, 2.24) is 30.1 Å². The van der Waals surface area contributed by atoms with Gasteiger partial charge < -0.3 is 9.88 Å². The molecule has 1 N–H and O–H groups in total. The second kappa shape index (κ2) is 7.03. The highest BCUT2D eigenvalue weighted by atomic mass is 16.1. The van der Waals surface area contributed by atoms with Crippen molar-refractivity contribution in [3.8, 4) is 5.69 Å². The molecule has 0 aliphatic rings. The van der Waals surface area contributed by atoms with Gasteiger partial charge in [0.1, 0.15) is 0 Å². The molecule has 0 spiro atoms. The predicted molar refractivity (Wildman–Crippen MR) is 103 cm³/mol. The molecule has 0 unspecified atom stereocenters. The van der Waals surface area contributed by atoms with Gasteiger partial charge in [-0.1, -0.05) is 24.3 Å². The van der Waals surface area contributed by atoms with Crippen LogP contribution in [0.25, 0.3) is 16.6 Å². The van der Waals surface area contributed by atoms with Crippen LogP contribution in [0.1, 0.15) is 21.7 Å². The van der Waals surface area contributed by atoms with Crippen LogP contribution in [0, 0.1) is 13.8 Å². The highest BCUT2D eigenvalue weighted by Crippen LogP contribution is 2.19. The zero-order valence-corrected chi connectivity index (χ0v) is 15.3. The average molecular weight is 360 g/mol. The molecule has 0 aliphatic heterocycles. The summed E-state index contributed by atoms with van der Waals surface area (Å²) in [4.78, 5) is 12.7. The van der Waals surface area contributed by atoms with Crippen molar-refractivity contribution in [3.05, 3.63) is 71.7 Å². The standard InChI is InChI=1S/C20H20N6O/c1-14-6-5-9-18-16(14)10-12-25(18)13-11-21-20(27)17-7-3-4-8-19(17)26-15(2)22-23-24-26/h3-10,12H,11,13H2,1-2H3,(H,21,27). The molecule has 2 heterocycles. The molecule has 0 fully saturated rings. The van der Waals surface area contributed by atoms with Crippen molar-refractivity contribution in [3.63, 3.8) is 0 Å². The van der Waals surface area contributed by atoms with E-state index in [1.54, 1.807) is 17.7 Å². The number of fused-ring (bicyclic) bond motifs is 1. The van der Waals surface area contributed by atoms with E-state index in [0.717, 1.165) is 0 Å². The fourth-order valence-corrected chi connectivity index (χ4v) is 3.26. The topological polar surface area (TPSA) is 77.6 Å². The molecule has 7 nitrogen and oxygen atoms in total. The van der Waals surface area contributed by atoms with Crippen LogP contribution in [0.2, 0.25) is 0 Å². The van der Waals surface area contributed by atoms with E-state index < -0.39 is 0 Å². The third kappa shape index (κ3) is 3.19. The van der Waals surface area contributed by atoms with Gasteiger partial charge in [0.15, 0.2) is 5.82 Å². The minimum absolute atomic E-state index is 0.145. The van der Waals surface area contributed by atoms with Crippen LogP contribution in [0.4, 0.5) is 0 Å². The molecule has 1 amide bonds. The number of benzene rings is 2. The zero-order valence-electron chi connectivity index (χ0n) is 15.3. The first-order chi connectivity index (χ1) is 13.1. The SMILES string of the molecule is Cc1cccc2c1ccn2CCNC(=O)c1ccccc1-n1nnnc1C. The Hall–Kier alpha value is -3.48. The van der Waals surface area contributed by atoms with Crippen LogP contribution < -0.4 is 5.32 Å². The Balaban J connectivity index is 1.49. The summed E-state index contributed by atoms with van der Waals surface area (Å²) in [5, 5.41) is 15.8. The molecule has 4 aromatic rings. The minimum atomic E-state index is -0.145. The lowest BCUT2D eigenvalue weighted by molar-refractivity contribution is 0.0952. The summed E-state index contributed by atoms with van der Waals surface area (Å²) in [7, 11) is 0. The van der Waals surface area contributed by atoms with Crippen LogP contribution in [0.5, 0.6) is 0 Å². The van der Waals surface area contributed by atoms with Crippen molar-refractivity contribution < 1.29 is 4.79 Å². The van der Waals surface area contributed by atoms with Crippen molar-refractivity contribution in [2.24, 2.45) is 0 Å². The van der Waals surface area contributed by atoms with Crippen LogP contribution in [0.3, 0.4) is 0 Å². The van der Waals surface area contributed by atoms with E-state index in [2.05, 4.69) is 62.8 Å². The predicted octanol–water partition coefficient (Wildman–Crippen LogP) is 2.66. The van der Waals surface area contributed by atoms with Gasteiger partial charge in [-0.25, -0.2) is 0 Å². The molecule has 0 saturated heterocycles. The number of hydrogen-bond acceptors (Lipinski definition) is 4. The number of para-hydroxylation sites is 1. The van der Waals surface area contributed by atoms with Gasteiger partial charge in [-0.3, -0.25) is 4.79 Å². The molecule has 2 aromatic carbocycles. The van der Waals surface area contributed by atoms with Gasteiger partial charge in [-0.15, -0.1) is 5.10 Å². The van der Waals surface area contributed by atoms with Gasteiger partial charge in [0.05, 0.1) is 11.3 Å². The van der Waals surface area contributed by atoms with Gasteiger partial charge in [-0.2, -0.15) is 4.68 Å². The molecule has 2 aromatic heterocycles. The third-order valence-electron chi connectivity index (χ3n) is 4.67. The summed E-state index contributed by atoms with van der Waals surface area (Å²) in [6.07, 6.45) is 2.06. The molecular weight excluding hydrogens is 340 g/mol.